The molecule has 0 aliphatic carbocycles. The zero-order valence-electron chi connectivity index (χ0n) is 11.4. The van der Waals surface area contributed by atoms with Crippen LogP contribution in [0.3, 0.4) is 0 Å². The first-order valence-electron chi connectivity index (χ1n) is 6.49. The minimum atomic E-state index is -1.42. The Kier molecular flexibility index (Phi) is 3.53. The highest BCUT2D eigenvalue weighted by molar-refractivity contribution is 5.92. The molecule has 0 spiro atoms. The molecule has 2 heterocycles. The van der Waals surface area contributed by atoms with Crippen molar-refractivity contribution in [2.24, 2.45) is 0 Å². The van der Waals surface area contributed by atoms with E-state index in [0.29, 0.717) is 17.7 Å². The number of fused-ring (bicyclic) bond motifs is 1. The first-order chi connectivity index (χ1) is 10.6. The summed E-state index contributed by atoms with van der Waals surface area (Å²) in [6, 6.07) is 9.81. The van der Waals surface area contributed by atoms with E-state index in [4.69, 9.17) is 5.11 Å². The van der Waals surface area contributed by atoms with Gasteiger partial charge >= 0.3 is 5.97 Å². The fraction of sp³-hybridized carbons (Fsp3) is 0.0667. The Morgan fingerprint density at radius 3 is 2.64 bits per heavy atom. The van der Waals surface area contributed by atoms with Crippen molar-refractivity contribution >= 4 is 23.2 Å². The lowest BCUT2D eigenvalue weighted by molar-refractivity contribution is -0.135. The number of aliphatic hydroxyl groups excluding tert-OH is 1. The number of imidazole rings is 1. The van der Waals surface area contributed by atoms with Gasteiger partial charge in [0.2, 0.25) is 5.76 Å². The SMILES string of the molecule is O=C(O)/C(O)=C/c1ncnc2c1ncn2Cc1ccccc1. The highest BCUT2D eigenvalue weighted by atomic mass is 16.4. The molecule has 2 N–H and O–H groups in total. The van der Waals surface area contributed by atoms with E-state index in [0.717, 1.165) is 11.6 Å². The molecular weight excluding hydrogens is 284 g/mol. The standard InChI is InChI=1S/C15H12N4O3/c20-12(15(21)22)6-11-13-14(17-8-16-11)19(9-18-13)7-10-4-2-1-3-5-10/h1-6,8-9,20H,7H2,(H,21,22)/b12-6-. The van der Waals surface area contributed by atoms with Gasteiger partial charge < -0.3 is 14.8 Å². The summed E-state index contributed by atoms with van der Waals surface area (Å²) in [7, 11) is 0. The second kappa shape index (κ2) is 5.65. The van der Waals surface area contributed by atoms with Crippen LogP contribution in [-0.4, -0.2) is 35.7 Å². The molecule has 0 unspecified atom stereocenters. The highest BCUT2D eigenvalue weighted by Gasteiger charge is 2.11. The molecule has 0 saturated heterocycles. The zero-order valence-corrected chi connectivity index (χ0v) is 11.4. The monoisotopic (exact) mass is 296 g/mol. The molecule has 3 aromatic rings. The molecule has 0 amide bonds. The Hall–Kier alpha value is -3.22. The van der Waals surface area contributed by atoms with Crippen LogP contribution in [0.1, 0.15) is 11.3 Å². The van der Waals surface area contributed by atoms with Crippen LogP contribution in [0.2, 0.25) is 0 Å². The molecule has 3 rings (SSSR count). The molecule has 1 aromatic carbocycles. The fourth-order valence-corrected chi connectivity index (χ4v) is 2.09. The number of rotatable bonds is 4. The summed E-state index contributed by atoms with van der Waals surface area (Å²) >= 11 is 0. The lowest BCUT2D eigenvalue weighted by Gasteiger charge is -2.03. The summed E-state index contributed by atoms with van der Waals surface area (Å²) in [6.45, 7) is 0.586. The van der Waals surface area contributed by atoms with Gasteiger partial charge in [-0.1, -0.05) is 30.3 Å². The van der Waals surface area contributed by atoms with Crippen LogP contribution < -0.4 is 0 Å². The van der Waals surface area contributed by atoms with Crippen molar-refractivity contribution in [3.8, 4) is 0 Å². The predicted molar refractivity (Wildman–Crippen MR) is 79.1 cm³/mol. The second-order valence-electron chi connectivity index (χ2n) is 4.62. The topological polar surface area (TPSA) is 101 Å². The minimum absolute atomic E-state index is 0.261. The number of carbonyl (C=O) groups is 1. The smallest absolute Gasteiger partial charge is 0.371 e. The van der Waals surface area contributed by atoms with Crippen LogP contribution >= 0.6 is 0 Å². The highest BCUT2D eigenvalue weighted by Crippen LogP contribution is 2.16. The van der Waals surface area contributed by atoms with Crippen molar-refractivity contribution in [2.75, 3.05) is 0 Å². The summed E-state index contributed by atoms with van der Waals surface area (Å²) < 4.78 is 1.83. The zero-order chi connectivity index (χ0) is 15.5. The molecule has 22 heavy (non-hydrogen) atoms. The van der Waals surface area contributed by atoms with E-state index >= 15 is 0 Å². The molecule has 7 nitrogen and oxygen atoms in total. The van der Waals surface area contributed by atoms with Crippen molar-refractivity contribution in [1.29, 1.82) is 0 Å². The van der Waals surface area contributed by atoms with Gasteiger partial charge in [-0.15, -0.1) is 0 Å². The number of aliphatic hydroxyl groups is 1. The van der Waals surface area contributed by atoms with E-state index in [1.54, 1.807) is 6.33 Å². The summed E-state index contributed by atoms with van der Waals surface area (Å²) in [5.74, 6) is -2.21. The molecule has 110 valence electrons. The van der Waals surface area contributed by atoms with E-state index < -0.39 is 11.7 Å². The van der Waals surface area contributed by atoms with Crippen LogP contribution in [0, 0.1) is 0 Å². The normalized spacial score (nSPS) is 11.7. The van der Waals surface area contributed by atoms with Gasteiger partial charge in [-0.05, 0) is 5.56 Å². The van der Waals surface area contributed by atoms with Gasteiger partial charge in [0.15, 0.2) is 5.65 Å². The van der Waals surface area contributed by atoms with Crippen molar-refractivity contribution in [1.82, 2.24) is 19.5 Å². The Balaban J connectivity index is 2.02. The third-order valence-corrected chi connectivity index (χ3v) is 3.12. The third kappa shape index (κ3) is 2.64. The minimum Gasteiger partial charge on any atom is -0.502 e. The summed E-state index contributed by atoms with van der Waals surface area (Å²) in [6.07, 6.45) is 3.99. The molecule has 0 fully saturated rings. The van der Waals surface area contributed by atoms with E-state index in [1.807, 2.05) is 34.9 Å². The van der Waals surface area contributed by atoms with Crippen LogP contribution in [0.4, 0.5) is 0 Å². The van der Waals surface area contributed by atoms with Crippen LogP contribution in [0.5, 0.6) is 0 Å². The first-order valence-corrected chi connectivity index (χ1v) is 6.49. The van der Waals surface area contributed by atoms with Crippen molar-refractivity contribution in [3.05, 3.63) is 60.0 Å². The molecule has 0 atom stereocenters. The largest absolute Gasteiger partial charge is 0.502 e. The molecular formula is C15H12N4O3. The summed E-state index contributed by atoms with van der Waals surface area (Å²) in [5.41, 5.74) is 2.36. The Morgan fingerprint density at radius 2 is 1.91 bits per heavy atom. The quantitative estimate of drug-likeness (QED) is 0.563. The number of carboxylic acids is 1. The van der Waals surface area contributed by atoms with Gasteiger partial charge in [0.05, 0.1) is 18.6 Å². The molecule has 0 aliphatic heterocycles. The van der Waals surface area contributed by atoms with Gasteiger partial charge in [-0.2, -0.15) is 0 Å². The molecule has 0 bridgehead atoms. The first kappa shape index (κ1) is 13.7. The molecule has 0 saturated carbocycles. The lowest BCUT2D eigenvalue weighted by Crippen LogP contribution is -2.01. The third-order valence-electron chi connectivity index (χ3n) is 3.12. The van der Waals surface area contributed by atoms with Gasteiger partial charge in [0, 0.05) is 6.08 Å². The predicted octanol–water partition coefficient (Wildman–Crippen LogP) is 1.86. The van der Waals surface area contributed by atoms with Gasteiger partial charge in [-0.25, -0.2) is 19.7 Å². The summed E-state index contributed by atoms with van der Waals surface area (Å²) in [4.78, 5) is 23.1. The van der Waals surface area contributed by atoms with E-state index in [1.165, 1.54) is 6.33 Å². The Labute approximate surface area is 125 Å². The van der Waals surface area contributed by atoms with E-state index in [9.17, 15) is 9.90 Å². The fourth-order valence-electron chi connectivity index (χ4n) is 2.09. The second-order valence-corrected chi connectivity index (χ2v) is 4.62. The Bertz CT molecular complexity index is 856. The van der Waals surface area contributed by atoms with Crippen molar-refractivity contribution < 1.29 is 15.0 Å². The van der Waals surface area contributed by atoms with Crippen LogP contribution in [0.25, 0.3) is 17.2 Å². The lowest BCUT2D eigenvalue weighted by atomic mass is 10.2. The van der Waals surface area contributed by atoms with E-state index in [2.05, 4.69) is 15.0 Å². The number of hydrogen-bond donors (Lipinski definition) is 2. The van der Waals surface area contributed by atoms with Crippen LogP contribution in [0.15, 0.2) is 48.7 Å². The maximum Gasteiger partial charge on any atom is 0.371 e. The molecule has 7 heteroatoms. The average molecular weight is 296 g/mol. The number of aliphatic carboxylic acids is 1. The van der Waals surface area contributed by atoms with Gasteiger partial charge in [-0.3, -0.25) is 0 Å². The maximum atomic E-state index is 10.7. The van der Waals surface area contributed by atoms with Gasteiger partial charge in [0.1, 0.15) is 11.8 Å². The van der Waals surface area contributed by atoms with E-state index in [-0.39, 0.29) is 5.69 Å². The molecule has 0 aliphatic rings. The van der Waals surface area contributed by atoms with Crippen molar-refractivity contribution in [3.63, 3.8) is 0 Å². The molecule has 0 radical (unpaired) electrons. The number of benzene rings is 1. The summed E-state index contributed by atoms with van der Waals surface area (Å²) in [5, 5.41) is 18.1. The van der Waals surface area contributed by atoms with Crippen molar-refractivity contribution in [2.45, 2.75) is 6.54 Å². The number of carboxylic acid groups (broad SMARTS) is 1. The maximum absolute atomic E-state index is 10.7. The number of aromatic nitrogens is 4. The van der Waals surface area contributed by atoms with Crippen LogP contribution in [-0.2, 0) is 11.3 Å². The Morgan fingerprint density at radius 1 is 1.14 bits per heavy atom. The molecule has 2 aromatic heterocycles. The average Bonchev–Trinajstić information content (AvgIpc) is 2.92. The van der Waals surface area contributed by atoms with Gasteiger partial charge in [0.25, 0.3) is 0 Å². The number of hydrogen-bond acceptors (Lipinski definition) is 5. The number of nitrogens with zero attached hydrogens (tertiary/aromatic N) is 4.